The van der Waals surface area contributed by atoms with Crippen LogP contribution in [-0.4, -0.2) is 23.1 Å². The molecule has 3 rings (SSSR count). The van der Waals surface area contributed by atoms with E-state index in [4.69, 9.17) is 4.74 Å². The van der Waals surface area contributed by atoms with Crippen molar-refractivity contribution in [3.05, 3.63) is 54.5 Å². The fourth-order valence-electron chi connectivity index (χ4n) is 2.48. The molecule has 0 bridgehead atoms. The van der Waals surface area contributed by atoms with Gasteiger partial charge < -0.3 is 10.1 Å². The molecule has 1 aliphatic rings. The first-order valence-corrected chi connectivity index (χ1v) is 6.60. The van der Waals surface area contributed by atoms with Crippen LogP contribution < -0.4 is 5.32 Å². The van der Waals surface area contributed by atoms with Gasteiger partial charge in [0.05, 0.1) is 12.3 Å². The maximum atomic E-state index is 5.86. The van der Waals surface area contributed by atoms with Crippen LogP contribution in [0.3, 0.4) is 0 Å². The fourth-order valence-corrected chi connectivity index (χ4v) is 2.48. The van der Waals surface area contributed by atoms with Crippen LogP contribution in [0.15, 0.2) is 48.9 Å². The molecule has 4 heteroatoms. The number of rotatable bonds is 4. The van der Waals surface area contributed by atoms with E-state index < -0.39 is 0 Å². The van der Waals surface area contributed by atoms with E-state index in [1.54, 1.807) is 18.6 Å². The van der Waals surface area contributed by atoms with Gasteiger partial charge in [0, 0.05) is 31.5 Å². The highest BCUT2D eigenvalue weighted by Crippen LogP contribution is 2.34. The maximum absolute atomic E-state index is 5.86. The Hall–Kier alpha value is -1.94. The van der Waals surface area contributed by atoms with Crippen molar-refractivity contribution in [1.29, 1.82) is 0 Å². The van der Waals surface area contributed by atoms with Crippen LogP contribution in [-0.2, 0) is 4.74 Å². The molecular formula is C15H17N3O. The van der Waals surface area contributed by atoms with Gasteiger partial charge in [0.2, 0.25) is 0 Å². The maximum Gasteiger partial charge on any atom is 0.144 e. The van der Waals surface area contributed by atoms with Crippen molar-refractivity contribution in [3.63, 3.8) is 0 Å². The van der Waals surface area contributed by atoms with Crippen LogP contribution in [0.1, 0.15) is 18.1 Å². The Balaban J connectivity index is 1.64. The highest BCUT2D eigenvalue weighted by molar-refractivity contribution is 5.30. The number of benzene rings is 1. The topological polar surface area (TPSA) is 47.0 Å². The van der Waals surface area contributed by atoms with E-state index in [0.29, 0.717) is 5.92 Å². The second kappa shape index (κ2) is 5.80. The quantitative estimate of drug-likeness (QED) is 0.912. The average molecular weight is 255 g/mol. The third kappa shape index (κ3) is 2.90. The van der Waals surface area contributed by atoms with Crippen molar-refractivity contribution < 1.29 is 4.74 Å². The molecule has 1 fully saturated rings. The van der Waals surface area contributed by atoms with Gasteiger partial charge in [-0.1, -0.05) is 30.3 Å². The highest BCUT2D eigenvalue weighted by Gasteiger charge is 2.29. The first-order valence-electron chi connectivity index (χ1n) is 6.60. The highest BCUT2D eigenvalue weighted by atomic mass is 16.5. The monoisotopic (exact) mass is 255 g/mol. The molecule has 1 aromatic heterocycles. The molecule has 1 saturated heterocycles. The van der Waals surface area contributed by atoms with Crippen LogP contribution in [0.4, 0.5) is 5.82 Å². The van der Waals surface area contributed by atoms with Gasteiger partial charge >= 0.3 is 0 Å². The molecule has 1 aliphatic heterocycles. The predicted octanol–water partition coefficient (Wildman–Crippen LogP) is 2.67. The Bertz CT molecular complexity index is 503. The normalized spacial score (nSPS) is 22.3. The zero-order chi connectivity index (χ0) is 12.9. The molecule has 98 valence electrons. The first-order chi connectivity index (χ1) is 9.43. The van der Waals surface area contributed by atoms with E-state index in [1.165, 1.54) is 5.56 Å². The number of ether oxygens (including phenoxy) is 1. The summed E-state index contributed by atoms with van der Waals surface area (Å²) in [6.07, 6.45) is 6.38. The van der Waals surface area contributed by atoms with E-state index in [1.807, 2.05) is 6.07 Å². The summed E-state index contributed by atoms with van der Waals surface area (Å²) in [6, 6.07) is 10.4. The number of nitrogens with one attached hydrogen (secondary N) is 1. The Morgan fingerprint density at radius 3 is 2.89 bits per heavy atom. The number of aromatic nitrogens is 2. The predicted molar refractivity (Wildman–Crippen MR) is 73.8 cm³/mol. The Labute approximate surface area is 112 Å². The van der Waals surface area contributed by atoms with Gasteiger partial charge in [0.15, 0.2) is 0 Å². The standard InChI is InChI=1S/C15H17N3O/c1-2-4-12(5-3-1)15-13(6-9-19-15)10-18-14-11-16-7-8-17-14/h1-5,7-8,11,13,15H,6,9-10H2,(H,17,18). The lowest BCUT2D eigenvalue weighted by Gasteiger charge is -2.19. The van der Waals surface area contributed by atoms with Gasteiger partial charge in [-0.3, -0.25) is 4.98 Å². The summed E-state index contributed by atoms with van der Waals surface area (Å²) >= 11 is 0. The lowest BCUT2D eigenvalue weighted by Crippen LogP contribution is -2.18. The summed E-state index contributed by atoms with van der Waals surface area (Å²) in [5.41, 5.74) is 1.26. The van der Waals surface area contributed by atoms with Crippen LogP contribution >= 0.6 is 0 Å². The van der Waals surface area contributed by atoms with Crippen molar-refractivity contribution in [2.45, 2.75) is 12.5 Å². The Morgan fingerprint density at radius 2 is 2.11 bits per heavy atom. The first kappa shape index (κ1) is 12.1. The minimum atomic E-state index is 0.186. The molecule has 0 spiro atoms. The summed E-state index contributed by atoms with van der Waals surface area (Å²) in [6.45, 7) is 1.69. The van der Waals surface area contributed by atoms with Crippen molar-refractivity contribution in [1.82, 2.24) is 9.97 Å². The SMILES string of the molecule is c1ccc(C2OCCC2CNc2cnccn2)cc1. The molecule has 0 radical (unpaired) electrons. The number of nitrogens with zero attached hydrogens (tertiary/aromatic N) is 2. The molecular weight excluding hydrogens is 238 g/mol. The minimum Gasteiger partial charge on any atom is -0.373 e. The van der Waals surface area contributed by atoms with Crippen molar-refractivity contribution in [2.75, 3.05) is 18.5 Å². The number of hydrogen-bond acceptors (Lipinski definition) is 4. The number of hydrogen-bond donors (Lipinski definition) is 1. The van der Waals surface area contributed by atoms with E-state index >= 15 is 0 Å². The molecule has 4 nitrogen and oxygen atoms in total. The molecule has 0 aliphatic carbocycles. The summed E-state index contributed by atoms with van der Waals surface area (Å²) in [5, 5.41) is 3.33. The average Bonchev–Trinajstić information content (AvgIpc) is 2.95. The van der Waals surface area contributed by atoms with Gasteiger partial charge in [0.1, 0.15) is 5.82 Å². The molecule has 1 N–H and O–H groups in total. The molecule has 0 amide bonds. The van der Waals surface area contributed by atoms with Gasteiger partial charge in [-0.2, -0.15) is 0 Å². The zero-order valence-electron chi connectivity index (χ0n) is 10.7. The van der Waals surface area contributed by atoms with Gasteiger partial charge in [-0.05, 0) is 12.0 Å². The zero-order valence-corrected chi connectivity index (χ0v) is 10.7. The fraction of sp³-hybridized carbons (Fsp3) is 0.333. The largest absolute Gasteiger partial charge is 0.373 e. The lowest BCUT2D eigenvalue weighted by atomic mass is 9.95. The summed E-state index contributed by atoms with van der Waals surface area (Å²) < 4.78 is 5.86. The molecule has 19 heavy (non-hydrogen) atoms. The minimum absolute atomic E-state index is 0.186. The third-order valence-electron chi connectivity index (χ3n) is 3.45. The smallest absolute Gasteiger partial charge is 0.144 e. The van der Waals surface area contributed by atoms with Gasteiger partial charge in [0.25, 0.3) is 0 Å². The van der Waals surface area contributed by atoms with Crippen LogP contribution in [0.5, 0.6) is 0 Å². The molecule has 1 aromatic carbocycles. The van der Waals surface area contributed by atoms with E-state index in [2.05, 4.69) is 39.6 Å². The van der Waals surface area contributed by atoms with Crippen molar-refractivity contribution >= 4 is 5.82 Å². The number of anilines is 1. The van der Waals surface area contributed by atoms with Crippen LogP contribution in [0.25, 0.3) is 0 Å². The van der Waals surface area contributed by atoms with E-state index in [-0.39, 0.29) is 6.10 Å². The lowest BCUT2D eigenvalue weighted by molar-refractivity contribution is 0.0933. The Morgan fingerprint density at radius 1 is 1.21 bits per heavy atom. The molecule has 2 aromatic rings. The third-order valence-corrected chi connectivity index (χ3v) is 3.45. The summed E-state index contributed by atoms with van der Waals surface area (Å²) in [7, 11) is 0. The van der Waals surface area contributed by atoms with Crippen molar-refractivity contribution in [3.8, 4) is 0 Å². The Kier molecular flexibility index (Phi) is 3.70. The summed E-state index contributed by atoms with van der Waals surface area (Å²) in [5.74, 6) is 1.30. The molecule has 0 saturated carbocycles. The second-order valence-electron chi connectivity index (χ2n) is 4.72. The van der Waals surface area contributed by atoms with Crippen LogP contribution in [0.2, 0.25) is 0 Å². The molecule has 2 unspecified atom stereocenters. The van der Waals surface area contributed by atoms with Gasteiger partial charge in [-0.15, -0.1) is 0 Å². The van der Waals surface area contributed by atoms with Gasteiger partial charge in [-0.25, -0.2) is 4.98 Å². The van der Waals surface area contributed by atoms with Crippen molar-refractivity contribution in [2.24, 2.45) is 5.92 Å². The van der Waals surface area contributed by atoms with E-state index in [9.17, 15) is 0 Å². The summed E-state index contributed by atoms with van der Waals surface area (Å²) in [4.78, 5) is 8.27. The molecule has 2 heterocycles. The van der Waals surface area contributed by atoms with Crippen LogP contribution in [0, 0.1) is 5.92 Å². The second-order valence-corrected chi connectivity index (χ2v) is 4.72. The molecule has 2 atom stereocenters. The van der Waals surface area contributed by atoms with E-state index in [0.717, 1.165) is 25.4 Å².